The summed E-state index contributed by atoms with van der Waals surface area (Å²) in [5.74, 6) is 0.0406. The molecule has 1 aliphatic carbocycles. The minimum atomic E-state index is -4.45. The van der Waals surface area contributed by atoms with Crippen LogP contribution in [-0.4, -0.2) is 67.5 Å². The highest BCUT2D eigenvalue weighted by molar-refractivity contribution is 5.61. The van der Waals surface area contributed by atoms with Gasteiger partial charge in [0.1, 0.15) is 18.2 Å². The van der Waals surface area contributed by atoms with E-state index in [1.165, 1.54) is 6.33 Å². The fourth-order valence-electron chi connectivity index (χ4n) is 4.32. The van der Waals surface area contributed by atoms with E-state index >= 15 is 0 Å². The summed E-state index contributed by atoms with van der Waals surface area (Å²) in [6, 6.07) is 3.58. The van der Waals surface area contributed by atoms with Crippen molar-refractivity contribution in [3.05, 3.63) is 71.7 Å². The van der Waals surface area contributed by atoms with E-state index in [1.54, 1.807) is 37.0 Å². The van der Waals surface area contributed by atoms with Crippen LogP contribution in [0.15, 0.2) is 59.7 Å². The van der Waals surface area contributed by atoms with E-state index in [0.29, 0.717) is 31.1 Å². The number of aromatic nitrogens is 6. The van der Waals surface area contributed by atoms with Crippen LogP contribution < -0.4 is 10.6 Å². The van der Waals surface area contributed by atoms with E-state index < -0.39 is 17.9 Å². The van der Waals surface area contributed by atoms with Gasteiger partial charge in [0.25, 0.3) is 0 Å². The van der Waals surface area contributed by atoms with Crippen molar-refractivity contribution in [3.63, 3.8) is 0 Å². The van der Waals surface area contributed by atoms with Gasteiger partial charge in [-0.05, 0) is 77.5 Å². The molecule has 0 amide bonds. The molecule has 1 aliphatic rings. The summed E-state index contributed by atoms with van der Waals surface area (Å²) in [6.45, 7) is 16.0. The normalized spacial score (nSPS) is 16.3. The van der Waals surface area contributed by atoms with Crippen molar-refractivity contribution in [1.29, 1.82) is 0 Å². The Morgan fingerprint density at radius 2 is 1.98 bits per heavy atom. The molecule has 44 heavy (non-hydrogen) atoms. The van der Waals surface area contributed by atoms with Gasteiger partial charge in [-0.1, -0.05) is 31.2 Å². The number of halogens is 3. The lowest BCUT2D eigenvalue weighted by atomic mass is 10.0. The fourth-order valence-corrected chi connectivity index (χ4v) is 4.32. The van der Waals surface area contributed by atoms with Crippen molar-refractivity contribution >= 4 is 24.1 Å². The number of anilines is 2. The van der Waals surface area contributed by atoms with Crippen LogP contribution in [0.5, 0.6) is 0 Å². The molecule has 0 radical (unpaired) electrons. The van der Waals surface area contributed by atoms with E-state index in [4.69, 9.17) is 9.72 Å². The molecule has 238 valence electrons. The minimum absolute atomic E-state index is 0.00349. The maximum atomic E-state index is 14.0. The quantitative estimate of drug-likeness (QED) is 0.185. The van der Waals surface area contributed by atoms with Crippen LogP contribution in [0, 0.1) is 19.8 Å². The number of hydrogen-bond acceptors (Lipinski definition) is 9. The Bertz CT molecular complexity index is 1410. The molecule has 0 aromatic carbocycles. The van der Waals surface area contributed by atoms with Gasteiger partial charge in [0.2, 0.25) is 5.95 Å². The van der Waals surface area contributed by atoms with Crippen LogP contribution in [0.25, 0.3) is 5.57 Å². The van der Waals surface area contributed by atoms with Gasteiger partial charge in [0.15, 0.2) is 12.0 Å². The third-order valence-electron chi connectivity index (χ3n) is 7.06. The van der Waals surface area contributed by atoms with Gasteiger partial charge in [-0.2, -0.15) is 23.3 Å². The van der Waals surface area contributed by atoms with Gasteiger partial charge in [-0.25, -0.2) is 19.6 Å². The predicted octanol–water partition coefficient (Wildman–Crippen LogP) is 6.43. The monoisotopic (exact) mass is 613 g/mol. The zero-order chi connectivity index (χ0) is 32.3. The van der Waals surface area contributed by atoms with Gasteiger partial charge < -0.3 is 15.4 Å². The number of rotatable bonds is 14. The van der Waals surface area contributed by atoms with Gasteiger partial charge in [0.05, 0.1) is 17.9 Å². The molecule has 2 unspecified atom stereocenters. The van der Waals surface area contributed by atoms with E-state index in [2.05, 4.69) is 42.4 Å². The lowest BCUT2D eigenvalue weighted by Gasteiger charge is -2.22. The summed E-state index contributed by atoms with van der Waals surface area (Å²) in [4.78, 5) is 21.9. The first kappa shape index (κ1) is 34.4. The maximum absolute atomic E-state index is 14.0. The summed E-state index contributed by atoms with van der Waals surface area (Å²) in [5, 5.41) is 9.93. The van der Waals surface area contributed by atoms with Crippen LogP contribution in [0.2, 0.25) is 0 Å². The Kier molecular flexibility index (Phi) is 12.1. The number of aliphatic imine (C=N–C) groups is 1. The first-order valence-electron chi connectivity index (χ1n) is 14.5. The standard InChI is InChI=1S/C31H42F3N9O/c1-8-25(11-10-16-43-20-36-19-38-43)18-37-29-39-23(5)12-13-26(21(3)17-22(4)28(35-7)44-9-2)40-24(6)27(41-29)42-30(14-15-30)31(32,33)34/h8,10-13,17,19-20,22,28H,7,9,14-16,18H2,1-6H3,(H2,37,39,41,42)/b11-10-,21-17+,25-8+. The number of allylic oxidation sites excluding steroid dienone is 3. The first-order chi connectivity index (χ1) is 20.9. The van der Waals surface area contributed by atoms with Crippen LogP contribution >= 0.6 is 0 Å². The largest absolute Gasteiger partial charge is 0.411 e. The molecule has 2 aromatic heterocycles. The van der Waals surface area contributed by atoms with Gasteiger partial charge >= 0.3 is 6.18 Å². The summed E-state index contributed by atoms with van der Waals surface area (Å²) in [6.07, 6.45) is 5.86. The predicted molar refractivity (Wildman–Crippen MR) is 168 cm³/mol. The van der Waals surface area contributed by atoms with Gasteiger partial charge in [-0.3, -0.25) is 4.99 Å². The van der Waals surface area contributed by atoms with Crippen molar-refractivity contribution < 1.29 is 17.9 Å². The Morgan fingerprint density at radius 1 is 1.23 bits per heavy atom. The Hall–Kier alpha value is -4.13. The number of nitrogens with zero attached hydrogens (tertiary/aromatic N) is 7. The zero-order valence-electron chi connectivity index (χ0n) is 26.2. The molecular weight excluding hydrogens is 571 g/mol. The molecular formula is C31H42F3N9O. The molecule has 2 atom stereocenters. The highest BCUT2D eigenvalue weighted by Gasteiger charge is 2.63. The van der Waals surface area contributed by atoms with E-state index in [9.17, 15) is 13.2 Å². The lowest BCUT2D eigenvalue weighted by molar-refractivity contribution is -0.151. The van der Waals surface area contributed by atoms with Crippen molar-refractivity contribution in [2.45, 2.75) is 78.9 Å². The van der Waals surface area contributed by atoms with Crippen molar-refractivity contribution in [1.82, 2.24) is 29.7 Å². The molecule has 2 heterocycles. The summed E-state index contributed by atoms with van der Waals surface area (Å²) in [7, 11) is 0. The summed E-state index contributed by atoms with van der Waals surface area (Å²) < 4.78 is 49.4. The second-order valence-electron chi connectivity index (χ2n) is 10.6. The topological polar surface area (TPSA) is 115 Å². The van der Waals surface area contributed by atoms with E-state index in [1.807, 2.05) is 52.0 Å². The fraction of sp³-hybridized carbons (Fsp3) is 0.484. The zero-order valence-corrected chi connectivity index (χ0v) is 26.2. The molecule has 0 bridgehead atoms. The number of hydrogen-bond donors (Lipinski definition) is 2. The molecule has 2 aromatic rings. The first-order valence-corrected chi connectivity index (χ1v) is 14.5. The van der Waals surface area contributed by atoms with Crippen LogP contribution in [-0.2, 0) is 11.3 Å². The molecule has 0 aliphatic heterocycles. The summed E-state index contributed by atoms with van der Waals surface area (Å²) in [5.41, 5.74) is 1.10. The molecule has 3 rings (SSSR count). The Labute approximate surface area is 257 Å². The molecule has 1 saturated carbocycles. The highest BCUT2D eigenvalue weighted by atomic mass is 19.4. The third kappa shape index (κ3) is 9.69. The molecule has 10 nitrogen and oxygen atoms in total. The maximum Gasteiger partial charge on any atom is 0.411 e. The van der Waals surface area contributed by atoms with Crippen molar-refractivity contribution in [3.8, 4) is 0 Å². The lowest BCUT2D eigenvalue weighted by Crippen LogP contribution is -2.39. The van der Waals surface area contributed by atoms with E-state index in [-0.39, 0.29) is 36.2 Å². The summed E-state index contributed by atoms with van der Waals surface area (Å²) >= 11 is 0. The second-order valence-corrected chi connectivity index (χ2v) is 10.6. The van der Waals surface area contributed by atoms with Gasteiger partial charge in [-0.15, -0.1) is 0 Å². The Balaban J connectivity index is 2.02. The Morgan fingerprint density at radius 3 is 2.57 bits per heavy atom. The average Bonchev–Trinajstić information content (AvgIpc) is 3.60. The van der Waals surface area contributed by atoms with Crippen molar-refractivity contribution in [2.75, 3.05) is 23.8 Å². The minimum Gasteiger partial charge on any atom is -0.356 e. The second kappa shape index (κ2) is 15.6. The average molecular weight is 614 g/mol. The van der Waals surface area contributed by atoms with Crippen LogP contribution in [0.4, 0.5) is 24.9 Å². The van der Waals surface area contributed by atoms with Crippen LogP contribution in [0.1, 0.15) is 57.6 Å². The highest BCUT2D eigenvalue weighted by Crippen LogP contribution is 2.51. The van der Waals surface area contributed by atoms with Gasteiger partial charge in [0, 0.05) is 24.8 Å². The molecule has 2 N–H and O–H groups in total. The number of alkyl halides is 3. The van der Waals surface area contributed by atoms with Crippen LogP contribution in [0.3, 0.4) is 0 Å². The number of nitrogens with one attached hydrogen (secondary N) is 2. The molecule has 13 heteroatoms. The van der Waals surface area contributed by atoms with Crippen molar-refractivity contribution in [2.24, 2.45) is 10.9 Å². The molecule has 1 fully saturated rings. The molecule has 0 spiro atoms. The number of ether oxygens (including phenoxy) is 1. The number of aryl methyl sites for hydroxylation is 2. The SMILES string of the molecule is C=NC(OCC)C(C)/C=C(\C)c1ccc(C)nc(NCC(/C=C\Cn2cncn2)=C/C)nc(NC2(C(F)(F)F)CC2)c(C)n1. The smallest absolute Gasteiger partial charge is 0.356 e. The van der Waals surface area contributed by atoms with E-state index in [0.717, 1.165) is 11.1 Å². The molecule has 0 saturated heterocycles. The third-order valence-corrected chi connectivity index (χ3v) is 7.06.